The van der Waals surface area contributed by atoms with E-state index in [-0.39, 0.29) is 0 Å². The van der Waals surface area contributed by atoms with Gasteiger partial charge in [-0.25, -0.2) is 0 Å². The van der Waals surface area contributed by atoms with Crippen LogP contribution in [-0.4, -0.2) is 12.5 Å². The Morgan fingerprint density at radius 2 is 2.22 bits per heavy atom. The molecule has 3 nitrogen and oxygen atoms in total. The summed E-state index contributed by atoms with van der Waals surface area (Å²) in [5, 5.41) is 0. The molecule has 0 aromatic rings. The van der Waals surface area contributed by atoms with Gasteiger partial charge in [-0.2, -0.15) is 0 Å². The van der Waals surface area contributed by atoms with Gasteiger partial charge in [0.25, 0.3) is 8.18 Å². The van der Waals surface area contributed by atoms with Gasteiger partial charge in [0, 0.05) is 5.88 Å². The summed E-state index contributed by atoms with van der Waals surface area (Å²) in [5.41, 5.74) is 4.87. The zero-order chi connectivity index (χ0) is 7.11. The predicted octanol–water partition coefficient (Wildman–Crippen LogP) is 1.37. The summed E-state index contributed by atoms with van der Waals surface area (Å²) >= 11 is 5.36. The van der Waals surface area contributed by atoms with Gasteiger partial charge < -0.3 is 4.52 Å². The van der Waals surface area contributed by atoms with Crippen molar-refractivity contribution in [3.63, 3.8) is 0 Å². The third kappa shape index (κ3) is 8.44. The molecule has 1 unspecified atom stereocenters. The molecule has 0 saturated heterocycles. The number of hydrogen-bond donors (Lipinski definition) is 1. The Bertz CT molecular complexity index is 90.6. The van der Waals surface area contributed by atoms with E-state index in [9.17, 15) is 4.57 Å². The molecular formula is C4H11ClNO2P. The first-order chi connectivity index (χ1) is 4.27. The first-order valence-corrected chi connectivity index (χ1v) is 4.68. The number of alkyl halides is 1. The molecule has 9 heavy (non-hydrogen) atoms. The Balaban J connectivity index is 2.83. The standard InChI is InChI=1S/C4H11ClNO2P/c5-3-1-2-4-8-9(6)7/h9H,1-4H2,(H2,6,7). The van der Waals surface area contributed by atoms with Crippen molar-refractivity contribution in [3.05, 3.63) is 0 Å². The normalized spacial score (nSPS) is 13.6. The van der Waals surface area contributed by atoms with E-state index in [1.165, 1.54) is 0 Å². The Hall–Kier alpha value is 0.440. The van der Waals surface area contributed by atoms with Gasteiger partial charge in [-0.15, -0.1) is 11.6 Å². The van der Waals surface area contributed by atoms with Gasteiger partial charge in [0.05, 0.1) is 6.61 Å². The van der Waals surface area contributed by atoms with Crippen molar-refractivity contribution >= 4 is 19.8 Å². The third-order valence-corrected chi connectivity index (χ3v) is 1.53. The minimum absolute atomic E-state index is 0.459. The molecule has 0 aromatic carbocycles. The molecule has 0 aliphatic carbocycles. The zero-order valence-corrected chi connectivity index (χ0v) is 6.86. The third-order valence-electron chi connectivity index (χ3n) is 0.772. The van der Waals surface area contributed by atoms with Crippen molar-refractivity contribution < 1.29 is 9.09 Å². The second-order valence-electron chi connectivity index (χ2n) is 1.56. The van der Waals surface area contributed by atoms with Crippen molar-refractivity contribution in [2.24, 2.45) is 5.50 Å². The second kappa shape index (κ2) is 6.56. The fourth-order valence-electron chi connectivity index (χ4n) is 0.369. The molecule has 5 heteroatoms. The monoisotopic (exact) mass is 171 g/mol. The van der Waals surface area contributed by atoms with Crippen molar-refractivity contribution in [1.82, 2.24) is 0 Å². The van der Waals surface area contributed by atoms with Gasteiger partial charge in [-0.1, -0.05) is 0 Å². The molecule has 0 saturated carbocycles. The number of unbranched alkanes of at least 4 members (excludes halogenated alkanes) is 1. The van der Waals surface area contributed by atoms with E-state index < -0.39 is 8.18 Å². The van der Waals surface area contributed by atoms with Gasteiger partial charge in [0.2, 0.25) is 0 Å². The van der Waals surface area contributed by atoms with Crippen molar-refractivity contribution in [1.29, 1.82) is 0 Å². The molecule has 0 rings (SSSR count). The maximum absolute atomic E-state index is 10.1. The van der Waals surface area contributed by atoms with Crippen molar-refractivity contribution in [2.45, 2.75) is 12.8 Å². The largest absolute Gasteiger partial charge is 0.320 e. The SMILES string of the molecule is N[PH](=O)OCCCCCl. The van der Waals surface area contributed by atoms with Crippen LogP contribution >= 0.6 is 19.8 Å². The van der Waals surface area contributed by atoms with Crippen LogP contribution in [0.1, 0.15) is 12.8 Å². The summed E-state index contributed by atoms with van der Waals surface area (Å²) in [4.78, 5) is 0. The number of hydrogen-bond acceptors (Lipinski definition) is 2. The summed E-state index contributed by atoms with van der Waals surface area (Å²) in [7, 11) is -2.21. The average Bonchev–Trinajstić information content (AvgIpc) is 1.80. The molecule has 0 spiro atoms. The number of rotatable bonds is 5. The van der Waals surface area contributed by atoms with Crippen LogP contribution in [0.4, 0.5) is 0 Å². The Labute approximate surface area is 60.4 Å². The van der Waals surface area contributed by atoms with Gasteiger partial charge in [0.15, 0.2) is 0 Å². The fraction of sp³-hybridized carbons (Fsp3) is 1.00. The van der Waals surface area contributed by atoms with Crippen LogP contribution in [-0.2, 0) is 9.09 Å². The van der Waals surface area contributed by atoms with Gasteiger partial charge in [0.1, 0.15) is 0 Å². The molecular weight excluding hydrogens is 160 g/mol. The molecule has 0 amide bonds. The molecule has 1 atom stereocenters. The second-order valence-corrected chi connectivity index (χ2v) is 2.87. The Morgan fingerprint density at radius 1 is 1.56 bits per heavy atom. The Kier molecular flexibility index (Phi) is 6.88. The van der Waals surface area contributed by atoms with E-state index in [1.807, 2.05) is 0 Å². The highest BCUT2D eigenvalue weighted by Gasteiger charge is 1.89. The zero-order valence-electron chi connectivity index (χ0n) is 5.10. The molecule has 0 aromatic heterocycles. The van der Waals surface area contributed by atoms with Crippen LogP contribution in [0.3, 0.4) is 0 Å². The van der Waals surface area contributed by atoms with Crippen molar-refractivity contribution in [2.75, 3.05) is 12.5 Å². The average molecular weight is 172 g/mol. The first-order valence-electron chi connectivity index (χ1n) is 2.75. The van der Waals surface area contributed by atoms with Crippen LogP contribution in [0.5, 0.6) is 0 Å². The van der Waals surface area contributed by atoms with E-state index in [0.29, 0.717) is 12.5 Å². The lowest BCUT2D eigenvalue weighted by Crippen LogP contribution is -1.90. The lowest BCUT2D eigenvalue weighted by atomic mass is 10.4. The summed E-state index contributed by atoms with van der Waals surface area (Å²) < 4.78 is 14.7. The molecule has 0 aliphatic heterocycles. The van der Waals surface area contributed by atoms with E-state index in [4.69, 9.17) is 17.1 Å². The topological polar surface area (TPSA) is 52.3 Å². The Morgan fingerprint density at radius 3 is 2.67 bits per heavy atom. The van der Waals surface area contributed by atoms with E-state index >= 15 is 0 Å². The molecule has 0 aliphatic rings. The lowest BCUT2D eigenvalue weighted by Gasteiger charge is -1.96. The van der Waals surface area contributed by atoms with Gasteiger partial charge in [-0.3, -0.25) is 10.1 Å². The maximum Gasteiger partial charge on any atom is 0.255 e. The molecule has 0 bridgehead atoms. The van der Waals surface area contributed by atoms with Crippen LogP contribution < -0.4 is 5.50 Å². The number of nitrogens with two attached hydrogens (primary N) is 1. The summed E-state index contributed by atoms with van der Waals surface area (Å²) in [6, 6.07) is 0. The summed E-state index contributed by atoms with van der Waals surface area (Å²) in [6.07, 6.45) is 1.72. The summed E-state index contributed by atoms with van der Waals surface area (Å²) in [6.45, 7) is 0.459. The lowest BCUT2D eigenvalue weighted by molar-refractivity contribution is 0.322. The van der Waals surface area contributed by atoms with Crippen LogP contribution in [0, 0.1) is 0 Å². The van der Waals surface area contributed by atoms with E-state index in [2.05, 4.69) is 4.52 Å². The molecule has 56 valence electrons. The van der Waals surface area contributed by atoms with E-state index in [1.54, 1.807) is 0 Å². The highest BCUT2D eigenvalue weighted by atomic mass is 35.5. The minimum Gasteiger partial charge on any atom is -0.320 e. The minimum atomic E-state index is -2.21. The van der Waals surface area contributed by atoms with Crippen molar-refractivity contribution in [3.8, 4) is 0 Å². The van der Waals surface area contributed by atoms with Gasteiger partial charge >= 0.3 is 0 Å². The maximum atomic E-state index is 10.1. The fourth-order valence-corrected chi connectivity index (χ4v) is 0.904. The highest BCUT2D eigenvalue weighted by molar-refractivity contribution is 7.36. The van der Waals surface area contributed by atoms with Crippen LogP contribution in [0.2, 0.25) is 0 Å². The highest BCUT2D eigenvalue weighted by Crippen LogP contribution is 2.09. The van der Waals surface area contributed by atoms with Gasteiger partial charge in [-0.05, 0) is 12.8 Å². The quantitative estimate of drug-likeness (QED) is 0.386. The molecule has 0 heterocycles. The summed E-state index contributed by atoms with van der Waals surface area (Å²) in [5.74, 6) is 0.620. The van der Waals surface area contributed by atoms with Crippen LogP contribution in [0.15, 0.2) is 0 Å². The van der Waals surface area contributed by atoms with E-state index in [0.717, 1.165) is 12.8 Å². The molecule has 0 radical (unpaired) electrons. The molecule has 2 N–H and O–H groups in total. The number of halogens is 1. The molecule has 0 fully saturated rings. The smallest absolute Gasteiger partial charge is 0.255 e. The van der Waals surface area contributed by atoms with Crippen LogP contribution in [0.25, 0.3) is 0 Å². The predicted molar refractivity (Wildman–Crippen MR) is 39.1 cm³/mol. The first kappa shape index (κ1) is 9.44.